The molecule has 2 aromatic rings. The Labute approximate surface area is 130 Å². The largest absolute Gasteiger partial charge is 0.380 e. The maximum Gasteiger partial charge on any atom is 0.0498 e. The van der Waals surface area contributed by atoms with Crippen molar-refractivity contribution in [3.05, 3.63) is 62.5 Å². The Bertz CT molecular complexity index is 591. The summed E-state index contributed by atoms with van der Waals surface area (Å²) in [6.45, 7) is 0.877. The molecule has 0 heterocycles. The summed E-state index contributed by atoms with van der Waals surface area (Å²) in [7, 11) is 0. The lowest BCUT2D eigenvalue weighted by Gasteiger charge is -2.12. The van der Waals surface area contributed by atoms with Gasteiger partial charge in [-0.05, 0) is 64.0 Å². The molecule has 1 nitrogen and oxygen atoms in total. The molecule has 0 aliphatic heterocycles. The summed E-state index contributed by atoms with van der Waals surface area (Å²) in [5.74, 6) is 0.795. The standard InChI is InChI=1S/C16H15Br2N/c17-13-7-8-15(18)16(9-13)19-10-12-3-1-2-4-14(12)11-5-6-11/h1-4,7-9,11,19H,5-6,10H2. The zero-order valence-electron chi connectivity index (χ0n) is 10.5. The summed E-state index contributed by atoms with van der Waals surface area (Å²) in [5.41, 5.74) is 4.05. The number of rotatable bonds is 4. The molecule has 1 aliphatic carbocycles. The molecule has 1 aliphatic rings. The van der Waals surface area contributed by atoms with Crippen LogP contribution in [0.25, 0.3) is 0 Å². The lowest BCUT2D eigenvalue weighted by atomic mass is 10.0. The quantitative estimate of drug-likeness (QED) is 0.717. The highest BCUT2D eigenvalue weighted by Crippen LogP contribution is 2.41. The van der Waals surface area contributed by atoms with Crippen molar-refractivity contribution in [2.75, 3.05) is 5.32 Å². The van der Waals surface area contributed by atoms with E-state index in [1.165, 1.54) is 24.0 Å². The highest BCUT2D eigenvalue weighted by Gasteiger charge is 2.25. The smallest absolute Gasteiger partial charge is 0.0498 e. The highest BCUT2D eigenvalue weighted by atomic mass is 79.9. The fourth-order valence-electron chi connectivity index (χ4n) is 2.31. The zero-order valence-corrected chi connectivity index (χ0v) is 13.7. The van der Waals surface area contributed by atoms with Crippen LogP contribution < -0.4 is 5.32 Å². The summed E-state index contributed by atoms with van der Waals surface area (Å²) in [6, 6.07) is 15.0. The van der Waals surface area contributed by atoms with Gasteiger partial charge in [0, 0.05) is 21.2 Å². The van der Waals surface area contributed by atoms with Gasteiger partial charge in [-0.15, -0.1) is 0 Å². The molecule has 0 spiro atoms. The van der Waals surface area contributed by atoms with Crippen molar-refractivity contribution in [2.45, 2.75) is 25.3 Å². The number of halogens is 2. The van der Waals surface area contributed by atoms with Gasteiger partial charge in [-0.1, -0.05) is 40.2 Å². The van der Waals surface area contributed by atoms with Crippen LogP contribution >= 0.6 is 31.9 Å². The first-order chi connectivity index (χ1) is 9.24. The SMILES string of the molecule is Brc1ccc(Br)c(NCc2ccccc2C2CC2)c1. The van der Waals surface area contributed by atoms with Gasteiger partial charge in [-0.3, -0.25) is 0 Å². The summed E-state index contributed by atoms with van der Waals surface area (Å²) in [4.78, 5) is 0. The molecule has 0 atom stereocenters. The van der Waals surface area contributed by atoms with Crippen molar-refractivity contribution >= 4 is 37.5 Å². The molecule has 1 saturated carbocycles. The lowest BCUT2D eigenvalue weighted by Crippen LogP contribution is -2.03. The van der Waals surface area contributed by atoms with Crippen molar-refractivity contribution in [2.24, 2.45) is 0 Å². The number of benzene rings is 2. The predicted octanol–water partition coefficient (Wildman–Crippen LogP) is 5.70. The van der Waals surface area contributed by atoms with Crippen LogP contribution in [-0.4, -0.2) is 0 Å². The lowest BCUT2D eigenvalue weighted by molar-refractivity contribution is 1.03. The van der Waals surface area contributed by atoms with Gasteiger partial charge in [0.1, 0.15) is 0 Å². The summed E-state index contributed by atoms with van der Waals surface area (Å²) in [6.07, 6.45) is 2.69. The first-order valence-electron chi connectivity index (χ1n) is 6.51. The van der Waals surface area contributed by atoms with Crippen LogP contribution in [0.2, 0.25) is 0 Å². The van der Waals surface area contributed by atoms with E-state index in [0.717, 1.165) is 27.1 Å². The van der Waals surface area contributed by atoms with E-state index < -0.39 is 0 Å². The third-order valence-electron chi connectivity index (χ3n) is 3.47. The summed E-state index contributed by atoms with van der Waals surface area (Å²) < 4.78 is 2.19. The molecule has 3 heteroatoms. The van der Waals surface area contributed by atoms with Crippen LogP contribution in [0.15, 0.2) is 51.4 Å². The number of anilines is 1. The predicted molar refractivity (Wildman–Crippen MR) is 87.6 cm³/mol. The minimum atomic E-state index is 0.795. The first kappa shape index (κ1) is 13.2. The zero-order chi connectivity index (χ0) is 13.2. The maximum absolute atomic E-state index is 3.58. The van der Waals surface area contributed by atoms with Crippen LogP contribution in [0.4, 0.5) is 5.69 Å². The molecule has 0 bridgehead atoms. The van der Waals surface area contributed by atoms with E-state index >= 15 is 0 Å². The topological polar surface area (TPSA) is 12.0 Å². The van der Waals surface area contributed by atoms with E-state index in [-0.39, 0.29) is 0 Å². The molecule has 0 amide bonds. The minimum Gasteiger partial charge on any atom is -0.380 e. The van der Waals surface area contributed by atoms with E-state index in [1.807, 2.05) is 6.07 Å². The van der Waals surface area contributed by atoms with Gasteiger partial charge >= 0.3 is 0 Å². The van der Waals surface area contributed by atoms with Crippen LogP contribution in [-0.2, 0) is 6.54 Å². The number of hydrogen-bond acceptors (Lipinski definition) is 1. The molecule has 19 heavy (non-hydrogen) atoms. The van der Waals surface area contributed by atoms with Gasteiger partial charge in [0.2, 0.25) is 0 Å². The number of nitrogens with one attached hydrogen (secondary N) is 1. The van der Waals surface area contributed by atoms with Crippen LogP contribution in [0.5, 0.6) is 0 Å². The van der Waals surface area contributed by atoms with Gasteiger partial charge < -0.3 is 5.32 Å². The first-order valence-corrected chi connectivity index (χ1v) is 8.09. The molecule has 1 fully saturated rings. The molecular formula is C16H15Br2N. The monoisotopic (exact) mass is 379 g/mol. The number of hydrogen-bond donors (Lipinski definition) is 1. The molecule has 2 aromatic carbocycles. The van der Waals surface area contributed by atoms with Gasteiger partial charge in [0.15, 0.2) is 0 Å². The average molecular weight is 381 g/mol. The van der Waals surface area contributed by atoms with Gasteiger partial charge in [-0.2, -0.15) is 0 Å². The average Bonchev–Trinajstić information content (AvgIpc) is 3.25. The van der Waals surface area contributed by atoms with Crippen LogP contribution in [0, 0.1) is 0 Å². The molecule has 0 aromatic heterocycles. The molecule has 0 unspecified atom stereocenters. The van der Waals surface area contributed by atoms with Gasteiger partial charge in [0.25, 0.3) is 0 Å². The fourth-order valence-corrected chi connectivity index (χ4v) is 3.06. The molecule has 0 radical (unpaired) electrons. The van der Waals surface area contributed by atoms with E-state index in [9.17, 15) is 0 Å². The molecule has 1 N–H and O–H groups in total. The minimum absolute atomic E-state index is 0.795. The Morgan fingerprint density at radius 3 is 2.63 bits per heavy atom. The van der Waals surface area contributed by atoms with Crippen molar-refractivity contribution in [1.29, 1.82) is 0 Å². The van der Waals surface area contributed by atoms with E-state index in [2.05, 4.69) is 73.6 Å². The molecule has 0 saturated heterocycles. The van der Waals surface area contributed by atoms with Crippen molar-refractivity contribution in [1.82, 2.24) is 0 Å². The molecular weight excluding hydrogens is 366 g/mol. The normalized spacial score (nSPS) is 14.4. The van der Waals surface area contributed by atoms with E-state index in [0.29, 0.717) is 0 Å². The van der Waals surface area contributed by atoms with Gasteiger partial charge in [-0.25, -0.2) is 0 Å². The maximum atomic E-state index is 3.58. The third kappa shape index (κ3) is 3.21. The second kappa shape index (κ2) is 5.68. The van der Waals surface area contributed by atoms with E-state index in [1.54, 1.807) is 0 Å². The van der Waals surface area contributed by atoms with Crippen molar-refractivity contribution in [3.8, 4) is 0 Å². The second-order valence-corrected chi connectivity index (χ2v) is 6.72. The fraction of sp³-hybridized carbons (Fsp3) is 0.250. The summed E-state index contributed by atoms with van der Waals surface area (Å²) >= 11 is 7.09. The van der Waals surface area contributed by atoms with Gasteiger partial charge in [0.05, 0.1) is 0 Å². The third-order valence-corrected chi connectivity index (χ3v) is 4.65. The highest BCUT2D eigenvalue weighted by molar-refractivity contribution is 9.11. The van der Waals surface area contributed by atoms with Crippen molar-refractivity contribution < 1.29 is 0 Å². The van der Waals surface area contributed by atoms with Crippen LogP contribution in [0.1, 0.15) is 29.9 Å². The Balaban J connectivity index is 1.77. The molecule has 3 rings (SSSR count). The van der Waals surface area contributed by atoms with E-state index in [4.69, 9.17) is 0 Å². The Hall–Kier alpha value is -0.800. The summed E-state index contributed by atoms with van der Waals surface area (Å²) in [5, 5.41) is 3.52. The Morgan fingerprint density at radius 1 is 1.05 bits per heavy atom. The Kier molecular flexibility index (Phi) is 3.94. The second-order valence-electron chi connectivity index (χ2n) is 4.95. The Morgan fingerprint density at radius 2 is 1.84 bits per heavy atom. The molecule has 98 valence electrons. The van der Waals surface area contributed by atoms with Crippen LogP contribution in [0.3, 0.4) is 0 Å². The van der Waals surface area contributed by atoms with Crippen molar-refractivity contribution in [3.63, 3.8) is 0 Å².